The van der Waals surface area contributed by atoms with Crippen molar-refractivity contribution in [3.05, 3.63) is 16.1 Å². The third-order valence-corrected chi connectivity index (χ3v) is 3.08. The fourth-order valence-corrected chi connectivity index (χ4v) is 2.39. The molecule has 0 aliphatic rings. The van der Waals surface area contributed by atoms with Crippen molar-refractivity contribution in [2.24, 2.45) is 0 Å². The molecule has 0 saturated heterocycles. The predicted octanol–water partition coefficient (Wildman–Crippen LogP) is 1.92. The molecule has 15 heavy (non-hydrogen) atoms. The van der Waals surface area contributed by atoms with E-state index in [0.717, 1.165) is 19.6 Å². The highest BCUT2D eigenvalue weighted by Gasteiger charge is 2.09. The highest BCUT2D eigenvalue weighted by molar-refractivity contribution is 7.09. The molecule has 0 aromatic carbocycles. The minimum absolute atomic E-state index is 0.511. The molecule has 86 valence electrons. The fraction of sp³-hybridized carbons (Fsp3) is 0.727. The number of hydrogen-bond donors (Lipinski definition) is 1. The molecule has 0 aliphatic heterocycles. The van der Waals surface area contributed by atoms with Crippen molar-refractivity contribution in [3.63, 3.8) is 0 Å². The molecule has 1 heterocycles. The molecule has 3 nitrogen and oxygen atoms in total. The molecule has 0 amide bonds. The number of thiazole rings is 1. The van der Waals surface area contributed by atoms with Gasteiger partial charge < -0.3 is 10.2 Å². The van der Waals surface area contributed by atoms with Crippen molar-refractivity contribution in [2.75, 3.05) is 27.2 Å². The van der Waals surface area contributed by atoms with Gasteiger partial charge >= 0.3 is 0 Å². The molecule has 1 aromatic rings. The van der Waals surface area contributed by atoms with Crippen LogP contribution in [0, 0.1) is 0 Å². The van der Waals surface area contributed by atoms with Crippen LogP contribution in [0.1, 0.15) is 30.5 Å². The monoisotopic (exact) mass is 227 g/mol. The first-order valence-corrected chi connectivity index (χ1v) is 6.31. The van der Waals surface area contributed by atoms with Crippen molar-refractivity contribution in [2.45, 2.75) is 26.3 Å². The molecule has 4 heteroatoms. The average Bonchev–Trinajstić information content (AvgIpc) is 2.61. The lowest BCUT2D eigenvalue weighted by atomic mass is 10.1. The lowest BCUT2D eigenvalue weighted by Gasteiger charge is -2.09. The third-order valence-electron chi connectivity index (χ3n) is 2.23. The van der Waals surface area contributed by atoms with Crippen LogP contribution in [0.4, 0.5) is 0 Å². The molecule has 0 aliphatic carbocycles. The van der Waals surface area contributed by atoms with Crippen molar-refractivity contribution < 1.29 is 0 Å². The van der Waals surface area contributed by atoms with Crippen LogP contribution < -0.4 is 5.32 Å². The summed E-state index contributed by atoms with van der Waals surface area (Å²) in [6.45, 7) is 7.33. The second-order valence-corrected chi connectivity index (χ2v) is 5.06. The maximum absolute atomic E-state index is 4.64. The van der Waals surface area contributed by atoms with Crippen LogP contribution in [0.2, 0.25) is 0 Å². The normalized spacial score (nSPS) is 13.4. The molecule has 0 bridgehead atoms. The summed E-state index contributed by atoms with van der Waals surface area (Å²) < 4.78 is 0. The summed E-state index contributed by atoms with van der Waals surface area (Å²) in [6, 6.07) is 0. The largest absolute Gasteiger partial charge is 0.316 e. The van der Waals surface area contributed by atoms with Crippen molar-refractivity contribution in [3.8, 4) is 0 Å². The summed E-state index contributed by atoms with van der Waals surface area (Å²) in [6.07, 6.45) is 0. The van der Waals surface area contributed by atoms with Crippen LogP contribution in [0.25, 0.3) is 0 Å². The molecule has 0 radical (unpaired) electrons. The average molecular weight is 227 g/mol. The fourth-order valence-electron chi connectivity index (χ4n) is 1.36. The Balaban J connectivity index is 2.51. The van der Waals surface area contributed by atoms with Gasteiger partial charge in [0, 0.05) is 24.4 Å². The molecule has 0 saturated carbocycles. The van der Waals surface area contributed by atoms with Gasteiger partial charge in [-0.25, -0.2) is 4.98 Å². The molecule has 0 spiro atoms. The van der Waals surface area contributed by atoms with E-state index in [9.17, 15) is 0 Å². The first kappa shape index (κ1) is 12.6. The zero-order valence-corrected chi connectivity index (χ0v) is 10.9. The van der Waals surface area contributed by atoms with Crippen LogP contribution in [0.3, 0.4) is 0 Å². The minimum Gasteiger partial charge on any atom is -0.316 e. The molecule has 0 fully saturated rings. The Hall–Kier alpha value is -0.450. The number of hydrogen-bond acceptors (Lipinski definition) is 4. The number of nitrogens with one attached hydrogen (secondary N) is 1. The number of likely N-dealkylation sites (N-methyl/N-ethyl adjacent to an activating group) is 1. The van der Waals surface area contributed by atoms with Gasteiger partial charge in [0.25, 0.3) is 0 Å². The van der Waals surface area contributed by atoms with E-state index in [4.69, 9.17) is 0 Å². The first-order valence-electron chi connectivity index (χ1n) is 5.43. The second kappa shape index (κ2) is 6.20. The quantitative estimate of drug-likeness (QED) is 0.805. The third kappa shape index (κ3) is 4.28. The maximum atomic E-state index is 4.64. The Labute approximate surface area is 96.5 Å². The highest BCUT2D eigenvalue weighted by atomic mass is 32.1. The van der Waals surface area contributed by atoms with Crippen LogP contribution in [-0.2, 0) is 6.54 Å². The Kier molecular flexibility index (Phi) is 5.22. The zero-order chi connectivity index (χ0) is 11.3. The number of rotatable bonds is 6. The van der Waals surface area contributed by atoms with Crippen molar-refractivity contribution >= 4 is 11.3 Å². The van der Waals surface area contributed by atoms with E-state index in [1.54, 1.807) is 11.3 Å². The molecule has 1 atom stereocenters. The van der Waals surface area contributed by atoms with E-state index in [1.807, 2.05) is 0 Å². The molecule has 1 aromatic heterocycles. The minimum atomic E-state index is 0.511. The Morgan fingerprint density at radius 3 is 2.87 bits per heavy atom. The summed E-state index contributed by atoms with van der Waals surface area (Å²) in [5.41, 5.74) is 1.22. The topological polar surface area (TPSA) is 28.2 Å². The summed E-state index contributed by atoms with van der Waals surface area (Å²) in [5, 5.41) is 6.74. The summed E-state index contributed by atoms with van der Waals surface area (Å²) >= 11 is 1.76. The van der Waals surface area contributed by atoms with Gasteiger partial charge in [-0.15, -0.1) is 11.3 Å². The van der Waals surface area contributed by atoms with Crippen LogP contribution in [0.5, 0.6) is 0 Å². The SMILES string of the molecule is CCNCC(C)c1csc(CN(C)C)n1. The van der Waals surface area contributed by atoms with Gasteiger partial charge in [0.2, 0.25) is 0 Å². The summed E-state index contributed by atoms with van der Waals surface area (Å²) in [4.78, 5) is 6.79. The van der Waals surface area contributed by atoms with E-state index < -0.39 is 0 Å². The molecule has 1 rings (SSSR count). The zero-order valence-electron chi connectivity index (χ0n) is 10.1. The predicted molar refractivity (Wildman–Crippen MR) is 66.5 cm³/mol. The number of aromatic nitrogens is 1. The Morgan fingerprint density at radius 2 is 2.27 bits per heavy atom. The van der Waals surface area contributed by atoms with Gasteiger partial charge in [0.15, 0.2) is 0 Å². The lowest BCUT2D eigenvalue weighted by molar-refractivity contribution is 0.401. The molecule has 1 unspecified atom stereocenters. The lowest BCUT2D eigenvalue weighted by Crippen LogP contribution is -2.19. The summed E-state index contributed by atoms with van der Waals surface area (Å²) in [7, 11) is 4.15. The number of nitrogens with zero attached hydrogens (tertiary/aromatic N) is 2. The molecular formula is C11H21N3S. The molecule has 1 N–H and O–H groups in total. The van der Waals surface area contributed by atoms with E-state index >= 15 is 0 Å². The van der Waals surface area contributed by atoms with Gasteiger partial charge in [0.1, 0.15) is 5.01 Å². The Morgan fingerprint density at radius 1 is 1.53 bits per heavy atom. The van der Waals surface area contributed by atoms with E-state index in [0.29, 0.717) is 5.92 Å². The van der Waals surface area contributed by atoms with Gasteiger partial charge in [-0.05, 0) is 20.6 Å². The first-order chi connectivity index (χ1) is 7.13. The van der Waals surface area contributed by atoms with Crippen molar-refractivity contribution in [1.29, 1.82) is 0 Å². The van der Waals surface area contributed by atoms with Crippen molar-refractivity contribution in [1.82, 2.24) is 15.2 Å². The van der Waals surface area contributed by atoms with Gasteiger partial charge in [0.05, 0.1) is 5.69 Å². The van der Waals surface area contributed by atoms with Crippen LogP contribution >= 0.6 is 11.3 Å². The van der Waals surface area contributed by atoms with E-state index in [-0.39, 0.29) is 0 Å². The van der Waals surface area contributed by atoms with Crippen LogP contribution in [-0.4, -0.2) is 37.1 Å². The van der Waals surface area contributed by atoms with Crippen LogP contribution in [0.15, 0.2) is 5.38 Å². The van der Waals surface area contributed by atoms with Gasteiger partial charge in [-0.3, -0.25) is 0 Å². The summed E-state index contributed by atoms with van der Waals surface area (Å²) in [5.74, 6) is 0.511. The maximum Gasteiger partial charge on any atom is 0.107 e. The molecular weight excluding hydrogens is 206 g/mol. The van der Waals surface area contributed by atoms with Gasteiger partial charge in [-0.1, -0.05) is 13.8 Å². The standard InChI is InChI=1S/C11H21N3S/c1-5-12-6-9(2)10-8-15-11(13-10)7-14(3)4/h8-9,12H,5-7H2,1-4H3. The smallest absolute Gasteiger partial charge is 0.107 e. The van der Waals surface area contributed by atoms with E-state index in [1.165, 1.54) is 10.7 Å². The van der Waals surface area contributed by atoms with Gasteiger partial charge in [-0.2, -0.15) is 0 Å². The highest BCUT2D eigenvalue weighted by Crippen LogP contribution is 2.18. The second-order valence-electron chi connectivity index (χ2n) is 4.11. The Bertz CT molecular complexity index is 283. The van der Waals surface area contributed by atoms with E-state index in [2.05, 4.69) is 48.5 Å².